The van der Waals surface area contributed by atoms with E-state index in [0.717, 1.165) is 26.9 Å². The Morgan fingerprint density at radius 2 is 1.67 bits per heavy atom. The molecule has 6 nitrogen and oxygen atoms in total. The summed E-state index contributed by atoms with van der Waals surface area (Å²) in [6.45, 7) is 5.69. The summed E-state index contributed by atoms with van der Waals surface area (Å²) < 4.78 is 2.91. The fourth-order valence-electron chi connectivity index (χ4n) is 3.74. The second-order valence-electron chi connectivity index (χ2n) is 7.30. The third-order valence-electron chi connectivity index (χ3n) is 5.01. The van der Waals surface area contributed by atoms with Crippen molar-refractivity contribution in [2.45, 2.75) is 27.3 Å². The summed E-state index contributed by atoms with van der Waals surface area (Å²) in [5.74, 6) is -0.321. The van der Waals surface area contributed by atoms with Gasteiger partial charge in [-0.05, 0) is 55.5 Å². The minimum atomic E-state index is -0.537. The molecular weight excluding hydrogens is 398 g/mol. The smallest absolute Gasteiger partial charge is 0.324 e. The number of carbonyl (C=O) groups is 1. The Balaban J connectivity index is 1.78. The van der Waals surface area contributed by atoms with Gasteiger partial charge >= 0.3 is 5.69 Å². The lowest BCUT2D eigenvalue weighted by molar-refractivity contribution is -0.116. The minimum Gasteiger partial charge on any atom is -0.324 e. The predicted molar refractivity (Wildman–Crippen MR) is 121 cm³/mol. The van der Waals surface area contributed by atoms with Gasteiger partial charge in [0.15, 0.2) is 0 Å². The molecule has 1 N–H and O–H groups in total. The quantitative estimate of drug-likeness (QED) is 0.547. The van der Waals surface area contributed by atoms with Crippen LogP contribution in [0.5, 0.6) is 0 Å². The Hall–Kier alpha value is -3.45. The highest BCUT2D eigenvalue weighted by Crippen LogP contribution is 2.22. The van der Waals surface area contributed by atoms with Crippen molar-refractivity contribution in [3.8, 4) is 5.69 Å². The molecule has 0 saturated carbocycles. The van der Waals surface area contributed by atoms with Crippen LogP contribution in [0.3, 0.4) is 0 Å². The molecular formula is C23H21N3O3S. The highest BCUT2D eigenvalue weighted by atomic mass is 32.1. The van der Waals surface area contributed by atoms with Gasteiger partial charge in [0.2, 0.25) is 5.91 Å². The van der Waals surface area contributed by atoms with Crippen LogP contribution >= 0.6 is 11.3 Å². The van der Waals surface area contributed by atoms with E-state index in [1.807, 2.05) is 39.0 Å². The maximum absolute atomic E-state index is 13.2. The molecule has 0 atom stereocenters. The predicted octanol–water partition coefficient (Wildman–Crippen LogP) is 3.78. The SMILES string of the molecule is Cc1cc(C)c(NC(=O)Cn2c(=O)n(-c3ccccc3)c(=O)c3sccc32)c(C)c1. The monoisotopic (exact) mass is 419 g/mol. The van der Waals surface area contributed by atoms with E-state index in [-0.39, 0.29) is 18.0 Å². The van der Waals surface area contributed by atoms with Gasteiger partial charge in [-0.25, -0.2) is 9.36 Å². The average molecular weight is 420 g/mol. The van der Waals surface area contributed by atoms with Crippen LogP contribution < -0.4 is 16.6 Å². The molecule has 7 heteroatoms. The summed E-state index contributed by atoms with van der Waals surface area (Å²) in [6.07, 6.45) is 0. The first kappa shape index (κ1) is 19.8. The highest BCUT2D eigenvalue weighted by molar-refractivity contribution is 7.17. The molecule has 0 spiro atoms. The van der Waals surface area contributed by atoms with Crippen LogP contribution in [0.2, 0.25) is 0 Å². The van der Waals surface area contributed by atoms with Gasteiger partial charge in [0.25, 0.3) is 5.56 Å². The molecule has 0 saturated heterocycles. The molecule has 0 bridgehead atoms. The number of carbonyl (C=O) groups excluding carboxylic acids is 1. The number of fused-ring (bicyclic) bond motifs is 1. The Bertz CT molecular complexity index is 1360. The number of amides is 1. The van der Waals surface area contributed by atoms with Crippen LogP contribution in [0.25, 0.3) is 15.9 Å². The Kier molecular flexibility index (Phi) is 5.13. The van der Waals surface area contributed by atoms with Gasteiger partial charge in [-0.2, -0.15) is 0 Å². The molecule has 4 aromatic rings. The van der Waals surface area contributed by atoms with Crippen LogP contribution in [-0.2, 0) is 11.3 Å². The van der Waals surface area contributed by atoms with Crippen molar-refractivity contribution in [1.29, 1.82) is 0 Å². The number of thiophene rings is 1. The standard InChI is InChI=1S/C23H21N3O3S/c1-14-11-15(2)20(16(3)12-14)24-19(27)13-25-18-9-10-30-21(18)22(28)26(23(25)29)17-7-5-4-6-8-17/h4-12H,13H2,1-3H3,(H,24,27). The van der Waals surface area contributed by atoms with Crippen molar-refractivity contribution >= 4 is 33.1 Å². The van der Waals surface area contributed by atoms with Crippen LogP contribution in [0.15, 0.2) is 63.5 Å². The number of aryl methyl sites for hydroxylation is 3. The van der Waals surface area contributed by atoms with E-state index in [9.17, 15) is 14.4 Å². The van der Waals surface area contributed by atoms with Crippen molar-refractivity contribution in [2.24, 2.45) is 0 Å². The first-order chi connectivity index (χ1) is 14.4. The zero-order valence-electron chi connectivity index (χ0n) is 16.9. The number of rotatable bonds is 4. The molecule has 0 fully saturated rings. The normalized spacial score (nSPS) is 11.0. The lowest BCUT2D eigenvalue weighted by Gasteiger charge is -2.15. The fraction of sp³-hybridized carbons (Fsp3) is 0.174. The number of aromatic nitrogens is 2. The van der Waals surface area contributed by atoms with Gasteiger partial charge in [0.05, 0.1) is 11.2 Å². The number of anilines is 1. The van der Waals surface area contributed by atoms with Crippen LogP contribution in [-0.4, -0.2) is 15.0 Å². The van der Waals surface area contributed by atoms with Gasteiger partial charge in [0, 0.05) is 5.69 Å². The van der Waals surface area contributed by atoms with Crippen molar-refractivity contribution in [2.75, 3.05) is 5.32 Å². The molecule has 152 valence electrons. The van der Waals surface area contributed by atoms with Gasteiger partial charge in [-0.3, -0.25) is 14.2 Å². The second-order valence-corrected chi connectivity index (χ2v) is 8.22. The molecule has 1 amide bonds. The number of nitrogens with zero attached hydrogens (tertiary/aromatic N) is 2. The topological polar surface area (TPSA) is 73.1 Å². The van der Waals surface area contributed by atoms with Gasteiger partial charge in [0.1, 0.15) is 11.2 Å². The number of hydrogen-bond donors (Lipinski definition) is 1. The van der Waals surface area contributed by atoms with E-state index in [1.165, 1.54) is 15.9 Å². The zero-order chi connectivity index (χ0) is 21.4. The lowest BCUT2D eigenvalue weighted by atomic mass is 10.1. The molecule has 0 unspecified atom stereocenters. The molecule has 4 rings (SSSR count). The number of para-hydroxylation sites is 1. The van der Waals surface area contributed by atoms with E-state index in [4.69, 9.17) is 0 Å². The number of benzene rings is 2. The molecule has 30 heavy (non-hydrogen) atoms. The van der Waals surface area contributed by atoms with Crippen LogP contribution in [0.4, 0.5) is 5.69 Å². The van der Waals surface area contributed by atoms with Gasteiger partial charge in [-0.15, -0.1) is 11.3 Å². The summed E-state index contributed by atoms with van der Waals surface area (Å²) >= 11 is 1.26. The van der Waals surface area contributed by atoms with Crippen molar-refractivity contribution in [3.63, 3.8) is 0 Å². The molecule has 2 aromatic heterocycles. The molecule has 2 aromatic carbocycles. The Morgan fingerprint density at radius 1 is 1.00 bits per heavy atom. The van der Waals surface area contributed by atoms with Crippen molar-refractivity contribution in [1.82, 2.24) is 9.13 Å². The molecule has 0 radical (unpaired) electrons. The molecule has 2 heterocycles. The Morgan fingerprint density at radius 3 is 2.33 bits per heavy atom. The number of hydrogen-bond acceptors (Lipinski definition) is 4. The highest BCUT2D eigenvalue weighted by Gasteiger charge is 2.18. The van der Waals surface area contributed by atoms with E-state index in [1.54, 1.807) is 35.7 Å². The summed E-state index contributed by atoms with van der Waals surface area (Å²) in [4.78, 5) is 39.0. The Labute approximate surface area is 177 Å². The zero-order valence-corrected chi connectivity index (χ0v) is 17.7. The summed E-state index contributed by atoms with van der Waals surface area (Å²) in [6, 6.07) is 14.4. The van der Waals surface area contributed by atoms with Crippen LogP contribution in [0.1, 0.15) is 16.7 Å². The van der Waals surface area contributed by atoms with Crippen molar-refractivity contribution in [3.05, 3.63) is 91.4 Å². The maximum Gasteiger partial charge on any atom is 0.336 e. The first-order valence-electron chi connectivity index (χ1n) is 9.53. The largest absolute Gasteiger partial charge is 0.336 e. The third kappa shape index (κ3) is 3.48. The van der Waals surface area contributed by atoms with E-state index >= 15 is 0 Å². The van der Waals surface area contributed by atoms with Crippen LogP contribution in [0, 0.1) is 20.8 Å². The van der Waals surface area contributed by atoms with E-state index in [0.29, 0.717) is 15.9 Å². The molecule has 0 aliphatic carbocycles. The summed E-state index contributed by atoms with van der Waals surface area (Å²) in [5, 5.41) is 4.68. The van der Waals surface area contributed by atoms with E-state index in [2.05, 4.69) is 5.32 Å². The van der Waals surface area contributed by atoms with Gasteiger partial charge < -0.3 is 5.32 Å². The third-order valence-corrected chi connectivity index (χ3v) is 5.90. The average Bonchev–Trinajstić information content (AvgIpc) is 3.19. The lowest BCUT2D eigenvalue weighted by Crippen LogP contribution is -2.40. The summed E-state index contributed by atoms with van der Waals surface area (Å²) in [5.41, 5.74) is 3.82. The second kappa shape index (κ2) is 7.76. The van der Waals surface area contributed by atoms with Crippen molar-refractivity contribution < 1.29 is 4.79 Å². The maximum atomic E-state index is 13.2. The minimum absolute atomic E-state index is 0.189. The first-order valence-corrected chi connectivity index (χ1v) is 10.4. The fourth-order valence-corrected chi connectivity index (χ4v) is 4.57. The van der Waals surface area contributed by atoms with E-state index < -0.39 is 5.69 Å². The van der Waals surface area contributed by atoms with Gasteiger partial charge in [-0.1, -0.05) is 35.9 Å². The summed E-state index contributed by atoms with van der Waals surface area (Å²) in [7, 11) is 0. The number of nitrogens with one attached hydrogen (secondary N) is 1. The molecule has 0 aliphatic rings. The molecule has 0 aliphatic heterocycles.